The Morgan fingerprint density at radius 3 is 1.97 bits per heavy atom. The third-order valence-electron chi connectivity index (χ3n) is 10.1. The summed E-state index contributed by atoms with van der Waals surface area (Å²) in [7, 11) is 1.60. The number of hydrogen-bond acceptors (Lipinski definition) is 10. The highest BCUT2D eigenvalue weighted by Gasteiger charge is 2.45. The third-order valence-corrected chi connectivity index (χ3v) is 12.3. The minimum absolute atomic E-state index is 0.0502. The van der Waals surface area contributed by atoms with Gasteiger partial charge >= 0.3 is 5.97 Å². The van der Waals surface area contributed by atoms with E-state index in [4.69, 9.17) is 39.3 Å². The molecule has 3 unspecified atom stereocenters. The molecule has 2 heterocycles. The van der Waals surface area contributed by atoms with E-state index in [-0.39, 0.29) is 37.6 Å². The summed E-state index contributed by atoms with van der Waals surface area (Å²) >= 11 is 0. The Labute approximate surface area is 350 Å². The molecule has 5 rings (SSSR count). The SMILES string of the molecule is [C-]#[N+]CCOP(OC1C[C@H](n2ccc(=O)c(OC(=O)C(C)(C)C)c2C)OC1COC(c1ccccc1)(c1ccc(OC)cc1)c1ccc(OC)cc1)N(C(C)C)C(C)C. The summed E-state index contributed by atoms with van der Waals surface area (Å²) in [6.07, 6.45) is 0.140. The molecule has 0 radical (unpaired) electrons. The Kier molecular flexibility index (Phi) is 15.5. The van der Waals surface area contributed by atoms with Crippen molar-refractivity contribution in [1.29, 1.82) is 0 Å². The number of ether oxygens (including phenoxy) is 5. The second kappa shape index (κ2) is 20.1. The number of methoxy groups -OCH3 is 2. The molecule has 59 heavy (non-hydrogen) atoms. The van der Waals surface area contributed by atoms with Crippen molar-refractivity contribution in [3.05, 3.63) is 135 Å². The summed E-state index contributed by atoms with van der Waals surface area (Å²) in [4.78, 5) is 29.6. The number of rotatable bonds is 18. The summed E-state index contributed by atoms with van der Waals surface area (Å²) in [6, 6.07) is 27.2. The average molecular weight is 828 g/mol. The number of hydrogen-bond donors (Lipinski definition) is 0. The van der Waals surface area contributed by atoms with Crippen molar-refractivity contribution in [2.75, 3.05) is 34.0 Å². The van der Waals surface area contributed by atoms with Gasteiger partial charge in [0.05, 0.1) is 38.0 Å². The van der Waals surface area contributed by atoms with Crippen molar-refractivity contribution in [1.82, 2.24) is 9.24 Å². The normalized spacial score (nSPS) is 17.6. The minimum atomic E-state index is -1.67. The second-order valence-corrected chi connectivity index (χ2v) is 17.4. The van der Waals surface area contributed by atoms with Gasteiger partial charge in [-0.25, -0.2) is 11.2 Å². The summed E-state index contributed by atoms with van der Waals surface area (Å²) in [6.45, 7) is 23.2. The van der Waals surface area contributed by atoms with E-state index in [2.05, 4.69) is 37.2 Å². The number of carbonyl (C=O) groups excluding carboxylic acids is 1. The van der Waals surface area contributed by atoms with Crippen LogP contribution in [0.1, 0.15) is 83.5 Å². The Hall–Kier alpha value is -4.60. The second-order valence-electron chi connectivity index (χ2n) is 16.0. The van der Waals surface area contributed by atoms with Crippen molar-refractivity contribution in [2.45, 2.75) is 97.9 Å². The van der Waals surface area contributed by atoms with Crippen LogP contribution in [-0.2, 0) is 28.9 Å². The van der Waals surface area contributed by atoms with Gasteiger partial charge in [0.1, 0.15) is 36.0 Å². The van der Waals surface area contributed by atoms with Gasteiger partial charge in [-0.1, -0.05) is 54.6 Å². The highest BCUT2D eigenvalue weighted by molar-refractivity contribution is 7.44. The van der Waals surface area contributed by atoms with Crippen molar-refractivity contribution in [3.63, 3.8) is 0 Å². The number of benzene rings is 3. The molecule has 1 aliphatic heterocycles. The van der Waals surface area contributed by atoms with E-state index in [0.29, 0.717) is 23.6 Å². The van der Waals surface area contributed by atoms with Crippen LogP contribution in [0.15, 0.2) is 95.9 Å². The van der Waals surface area contributed by atoms with Gasteiger partial charge in [0.25, 0.3) is 8.53 Å². The molecule has 1 aromatic heterocycles. The van der Waals surface area contributed by atoms with Gasteiger partial charge in [-0.3, -0.25) is 9.59 Å². The lowest BCUT2D eigenvalue weighted by molar-refractivity contribution is -0.143. The molecule has 0 saturated carbocycles. The maximum Gasteiger partial charge on any atom is 0.316 e. The quantitative estimate of drug-likeness (QED) is 0.0317. The van der Waals surface area contributed by atoms with Crippen LogP contribution in [0.25, 0.3) is 4.85 Å². The first-order chi connectivity index (χ1) is 28.1. The summed E-state index contributed by atoms with van der Waals surface area (Å²) in [5.74, 6) is 0.841. The first-order valence-electron chi connectivity index (χ1n) is 19.9. The molecule has 1 aliphatic rings. The molecule has 316 valence electrons. The highest BCUT2D eigenvalue weighted by atomic mass is 31.2. The van der Waals surface area contributed by atoms with E-state index >= 15 is 0 Å². The summed E-state index contributed by atoms with van der Waals surface area (Å²) < 4.78 is 48.5. The Bertz CT molecular complexity index is 2020. The fourth-order valence-electron chi connectivity index (χ4n) is 7.13. The maximum atomic E-state index is 13.1. The molecule has 13 heteroatoms. The molecule has 0 aliphatic carbocycles. The molecule has 0 N–H and O–H groups in total. The van der Waals surface area contributed by atoms with E-state index < -0.39 is 49.4 Å². The number of nitrogens with zero attached hydrogens (tertiary/aromatic N) is 3. The van der Waals surface area contributed by atoms with Crippen LogP contribution in [0, 0.1) is 18.9 Å². The number of carbonyl (C=O) groups is 1. The van der Waals surface area contributed by atoms with Crippen LogP contribution in [0.2, 0.25) is 0 Å². The van der Waals surface area contributed by atoms with Crippen LogP contribution in [0.3, 0.4) is 0 Å². The van der Waals surface area contributed by atoms with Gasteiger partial charge in [0.15, 0.2) is 5.75 Å². The molecule has 12 nitrogen and oxygen atoms in total. The largest absolute Gasteiger partial charge is 0.497 e. The molecule has 0 amide bonds. The molecule has 4 aromatic rings. The zero-order valence-corrected chi connectivity index (χ0v) is 36.7. The first kappa shape index (κ1) is 45.5. The van der Waals surface area contributed by atoms with E-state index in [1.165, 1.54) is 6.07 Å². The van der Waals surface area contributed by atoms with Crippen LogP contribution in [-0.4, -0.2) is 73.5 Å². The fraction of sp³-hybridized carbons (Fsp3) is 0.457. The Balaban J connectivity index is 1.62. The van der Waals surface area contributed by atoms with Crippen LogP contribution < -0.4 is 19.6 Å². The third kappa shape index (κ3) is 10.6. The van der Waals surface area contributed by atoms with E-state index in [1.807, 2.05) is 83.4 Å². The smallest absolute Gasteiger partial charge is 0.316 e. The minimum Gasteiger partial charge on any atom is -0.497 e. The maximum absolute atomic E-state index is 13.1. The lowest BCUT2D eigenvalue weighted by Gasteiger charge is -2.39. The van der Waals surface area contributed by atoms with Gasteiger partial charge < -0.3 is 42.1 Å². The molecule has 0 spiro atoms. The van der Waals surface area contributed by atoms with Crippen molar-refractivity contribution in [2.24, 2.45) is 5.41 Å². The van der Waals surface area contributed by atoms with Crippen molar-refractivity contribution in [3.8, 4) is 17.2 Å². The summed E-state index contributed by atoms with van der Waals surface area (Å²) in [5, 5.41) is 0. The molecule has 0 bridgehead atoms. The van der Waals surface area contributed by atoms with Gasteiger partial charge in [-0.05, 0) is 96.3 Å². The Morgan fingerprint density at radius 1 is 0.898 bits per heavy atom. The zero-order chi connectivity index (χ0) is 42.9. The standard InChI is InChI=1S/C46H58N3O9P/c1-31(2)49(32(3)4)59(55-28-26-47-9)58-40-29-42(48-27-25-39(50)43(33(48)5)57-44(51)45(6,7)8)56-41(40)30-54-46(34-15-13-12-14-16-34,35-17-21-37(52-10)22-18-35)36-19-23-38(53-11)24-20-36/h12-25,27,31-32,40-42H,26,28-30H2,1-8,10-11H3/t40?,41?,42-,59?/m1/s1. The van der Waals surface area contributed by atoms with Crippen molar-refractivity contribution >= 4 is 14.5 Å². The average Bonchev–Trinajstić information content (AvgIpc) is 3.61. The highest BCUT2D eigenvalue weighted by Crippen LogP contribution is 2.51. The number of aromatic nitrogens is 1. The van der Waals surface area contributed by atoms with Crippen LogP contribution in [0.5, 0.6) is 17.2 Å². The summed E-state index contributed by atoms with van der Waals surface area (Å²) in [5.41, 5.74) is 0.683. The molecule has 3 aromatic carbocycles. The van der Waals surface area contributed by atoms with Crippen LogP contribution in [0.4, 0.5) is 0 Å². The lowest BCUT2D eigenvalue weighted by Crippen LogP contribution is -2.39. The van der Waals surface area contributed by atoms with Gasteiger partial charge in [-0.2, -0.15) is 0 Å². The molecular formula is C46H58N3O9P. The van der Waals surface area contributed by atoms with Gasteiger partial charge in [0.2, 0.25) is 12.0 Å². The van der Waals surface area contributed by atoms with Gasteiger partial charge in [-0.15, -0.1) is 0 Å². The monoisotopic (exact) mass is 827 g/mol. The predicted octanol–water partition coefficient (Wildman–Crippen LogP) is 9.09. The molecular weight excluding hydrogens is 769 g/mol. The van der Waals surface area contributed by atoms with Crippen molar-refractivity contribution < 1.29 is 37.5 Å². The zero-order valence-electron chi connectivity index (χ0n) is 35.8. The first-order valence-corrected chi connectivity index (χ1v) is 21.1. The predicted molar refractivity (Wildman–Crippen MR) is 229 cm³/mol. The lowest BCUT2D eigenvalue weighted by atomic mass is 9.80. The molecule has 1 saturated heterocycles. The van der Waals surface area contributed by atoms with E-state index in [9.17, 15) is 9.59 Å². The fourth-order valence-corrected chi connectivity index (χ4v) is 8.88. The van der Waals surface area contributed by atoms with Crippen LogP contribution >= 0.6 is 8.53 Å². The molecule has 1 fully saturated rings. The van der Waals surface area contributed by atoms with Gasteiger partial charge in [0, 0.05) is 30.8 Å². The number of pyridine rings is 1. The van der Waals surface area contributed by atoms with E-state index in [1.54, 1.807) is 48.1 Å². The Morgan fingerprint density at radius 2 is 1.46 bits per heavy atom. The molecule has 4 atom stereocenters. The topological polar surface area (TPSA) is 111 Å². The number of esters is 1. The van der Waals surface area contributed by atoms with E-state index in [0.717, 1.165) is 16.7 Å².